The molecular weight excluding hydrogens is 262 g/mol. The number of aliphatic carboxylic acids is 1. The Morgan fingerprint density at radius 1 is 1.29 bits per heavy atom. The van der Waals surface area contributed by atoms with Crippen molar-refractivity contribution in [3.8, 4) is 0 Å². The van der Waals surface area contributed by atoms with Crippen LogP contribution in [-0.2, 0) is 16.6 Å². The lowest BCUT2D eigenvalue weighted by Gasteiger charge is -2.22. The summed E-state index contributed by atoms with van der Waals surface area (Å²) in [6, 6.07) is 6.36. The number of nitrogens with one attached hydrogen (secondary N) is 1. The third-order valence-corrected chi connectivity index (χ3v) is 3.62. The van der Waals surface area contributed by atoms with E-state index >= 15 is 0 Å². The highest BCUT2D eigenvalue weighted by atomic mass is 16.4. The molecule has 0 radical (unpaired) electrons. The molecule has 0 unspecified atom stereocenters. The van der Waals surface area contributed by atoms with Crippen LogP contribution in [0.15, 0.2) is 18.2 Å². The number of carboxylic acid groups (broad SMARTS) is 1. The minimum atomic E-state index is -0.747. The predicted molar refractivity (Wildman–Crippen MR) is 89.0 cm³/mol. The van der Waals surface area contributed by atoms with Crippen molar-refractivity contribution < 1.29 is 9.90 Å². The van der Waals surface area contributed by atoms with Crippen molar-refractivity contribution in [1.29, 1.82) is 0 Å². The van der Waals surface area contributed by atoms with Crippen LogP contribution in [0.3, 0.4) is 0 Å². The van der Waals surface area contributed by atoms with Crippen molar-refractivity contribution in [2.24, 2.45) is 5.92 Å². The zero-order chi connectivity index (χ0) is 16.0. The van der Waals surface area contributed by atoms with Crippen LogP contribution < -0.4 is 5.32 Å². The summed E-state index contributed by atoms with van der Waals surface area (Å²) in [7, 11) is 0. The number of rotatable bonds is 7. The molecule has 0 spiro atoms. The van der Waals surface area contributed by atoms with E-state index in [4.69, 9.17) is 5.11 Å². The molecule has 3 heteroatoms. The zero-order valence-corrected chi connectivity index (χ0v) is 14.0. The van der Waals surface area contributed by atoms with Gasteiger partial charge in [-0.25, -0.2) is 0 Å². The molecule has 1 rings (SSSR count). The molecule has 2 N–H and O–H groups in total. The first-order valence-electron chi connectivity index (χ1n) is 7.79. The summed E-state index contributed by atoms with van der Waals surface area (Å²) in [4.78, 5) is 10.8. The van der Waals surface area contributed by atoms with Crippen molar-refractivity contribution in [3.63, 3.8) is 0 Å². The van der Waals surface area contributed by atoms with E-state index in [9.17, 15) is 4.79 Å². The minimum Gasteiger partial charge on any atom is -0.481 e. The van der Waals surface area contributed by atoms with Gasteiger partial charge in [-0.2, -0.15) is 0 Å². The predicted octanol–water partition coefficient (Wildman–Crippen LogP) is 4.46. The van der Waals surface area contributed by atoms with Crippen molar-refractivity contribution in [3.05, 3.63) is 29.3 Å². The van der Waals surface area contributed by atoms with Gasteiger partial charge in [0.2, 0.25) is 0 Å². The second-order valence-electron chi connectivity index (χ2n) is 7.12. The largest absolute Gasteiger partial charge is 0.481 e. The molecule has 1 aromatic carbocycles. The molecule has 1 aromatic rings. The Kier molecular flexibility index (Phi) is 6.25. The number of carboxylic acids is 1. The quantitative estimate of drug-likeness (QED) is 0.779. The molecule has 21 heavy (non-hydrogen) atoms. The van der Waals surface area contributed by atoms with Gasteiger partial charge in [0.25, 0.3) is 0 Å². The summed E-state index contributed by atoms with van der Waals surface area (Å²) in [5, 5.41) is 12.4. The van der Waals surface area contributed by atoms with Crippen LogP contribution in [0.5, 0.6) is 0 Å². The minimum absolute atomic E-state index is 0.0970. The molecule has 3 nitrogen and oxygen atoms in total. The van der Waals surface area contributed by atoms with E-state index in [1.165, 1.54) is 5.56 Å². The Morgan fingerprint density at radius 3 is 2.48 bits per heavy atom. The standard InChI is InChI=1S/C18H29NO2/c1-13(2)10-11-19-16-12-15(18(3,4)5)8-6-14(16)7-9-17(20)21/h6,8,12-13,19H,7,9-11H2,1-5H3,(H,20,21). The van der Waals surface area contributed by atoms with Crippen LogP contribution in [-0.4, -0.2) is 17.6 Å². The van der Waals surface area contributed by atoms with E-state index in [-0.39, 0.29) is 11.8 Å². The van der Waals surface area contributed by atoms with Crippen molar-refractivity contribution in [2.45, 2.75) is 59.3 Å². The summed E-state index contributed by atoms with van der Waals surface area (Å²) in [6.07, 6.45) is 1.86. The Morgan fingerprint density at radius 2 is 1.95 bits per heavy atom. The van der Waals surface area contributed by atoms with Gasteiger partial charge in [0.15, 0.2) is 0 Å². The summed E-state index contributed by atoms with van der Waals surface area (Å²) in [6.45, 7) is 11.9. The maximum Gasteiger partial charge on any atom is 0.303 e. The van der Waals surface area contributed by atoms with Crippen LogP contribution in [0.25, 0.3) is 0 Å². The fourth-order valence-electron chi connectivity index (χ4n) is 2.16. The van der Waals surface area contributed by atoms with Gasteiger partial charge in [-0.05, 0) is 41.4 Å². The number of carbonyl (C=O) groups is 1. The highest BCUT2D eigenvalue weighted by Gasteiger charge is 2.16. The van der Waals surface area contributed by atoms with Crippen LogP contribution in [0.2, 0.25) is 0 Å². The molecule has 0 aliphatic carbocycles. The Bertz CT molecular complexity index is 473. The Balaban J connectivity index is 2.92. The first-order chi connectivity index (χ1) is 9.70. The second-order valence-corrected chi connectivity index (χ2v) is 7.12. The third-order valence-electron chi connectivity index (χ3n) is 3.62. The normalized spacial score (nSPS) is 11.7. The van der Waals surface area contributed by atoms with Crippen LogP contribution in [0.4, 0.5) is 5.69 Å². The molecule has 0 heterocycles. The molecule has 0 aromatic heterocycles. The average molecular weight is 291 g/mol. The highest BCUT2D eigenvalue weighted by molar-refractivity contribution is 5.68. The van der Waals surface area contributed by atoms with Gasteiger partial charge in [-0.15, -0.1) is 0 Å². The third kappa shape index (κ3) is 6.19. The zero-order valence-electron chi connectivity index (χ0n) is 14.0. The molecule has 0 saturated heterocycles. The first-order valence-corrected chi connectivity index (χ1v) is 7.79. The Labute approximate surface area is 128 Å². The summed E-state index contributed by atoms with van der Waals surface area (Å²) in [5.74, 6) is -0.0891. The van der Waals surface area contributed by atoms with E-state index in [1.54, 1.807) is 0 Å². The molecule has 0 amide bonds. The van der Waals surface area contributed by atoms with Gasteiger partial charge in [0.1, 0.15) is 0 Å². The SMILES string of the molecule is CC(C)CCNc1cc(C(C)(C)C)ccc1CCC(=O)O. The fraction of sp³-hybridized carbons (Fsp3) is 0.611. The smallest absolute Gasteiger partial charge is 0.303 e. The van der Waals surface area contributed by atoms with Gasteiger partial charge in [0.05, 0.1) is 0 Å². The monoisotopic (exact) mass is 291 g/mol. The molecular formula is C18H29NO2. The van der Waals surface area contributed by atoms with E-state index in [2.05, 4.69) is 58.1 Å². The lowest BCUT2D eigenvalue weighted by Crippen LogP contribution is -2.14. The lowest BCUT2D eigenvalue weighted by atomic mass is 9.85. The van der Waals surface area contributed by atoms with Crippen LogP contribution in [0, 0.1) is 5.92 Å². The molecule has 0 saturated carbocycles. The molecule has 118 valence electrons. The van der Waals surface area contributed by atoms with Crippen molar-refractivity contribution in [1.82, 2.24) is 0 Å². The Hall–Kier alpha value is -1.51. The summed E-state index contributed by atoms with van der Waals surface area (Å²) < 4.78 is 0. The van der Waals surface area contributed by atoms with Gasteiger partial charge in [-0.3, -0.25) is 4.79 Å². The van der Waals surface area contributed by atoms with Gasteiger partial charge < -0.3 is 10.4 Å². The molecule has 0 bridgehead atoms. The first kappa shape index (κ1) is 17.5. The maximum absolute atomic E-state index is 10.8. The topological polar surface area (TPSA) is 49.3 Å². The summed E-state index contributed by atoms with van der Waals surface area (Å²) >= 11 is 0. The van der Waals surface area contributed by atoms with Crippen LogP contribution >= 0.6 is 0 Å². The molecule has 0 fully saturated rings. The van der Waals surface area contributed by atoms with Gasteiger partial charge >= 0.3 is 5.97 Å². The number of hydrogen-bond acceptors (Lipinski definition) is 2. The van der Waals surface area contributed by atoms with E-state index in [0.29, 0.717) is 12.3 Å². The number of hydrogen-bond donors (Lipinski definition) is 2. The molecule has 0 atom stereocenters. The fourth-order valence-corrected chi connectivity index (χ4v) is 2.16. The number of benzene rings is 1. The summed E-state index contributed by atoms with van der Waals surface area (Å²) in [5.41, 5.74) is 3.55. The van der Waals surface area contributed by atoms with E-state index in [0.717, 1.165) is 24.2 Å². The maximum atomic E-state index is 10.8. The van der Waals surface area contributed by atoms with Gasteiger partial charge in [0, 0.05) is 18.7 Å². The van der Waals surface area contributed by atoms with Crippen molar-refractivity contribution >= 4 is 11.7 Å². The van der Waals surface area contributed by atoms with Crippen LogP contribution in [0.1, 0.15) is 58.6 Å². The molecule has 0 aliphatic rings. The average Bonchev–Trinajstić information content (AvgIpc) is 2.35. The highest BCUT2D eigenvalue weighted by Crippen LogP contribution is 2.28. The number of aryl methyl sites for hydroxylation is 1. The second kappa shape index (κ2) is 7.48. The van der Waals surface area contributed by atoms with E-state index in [1.807, 2.05) is 0 Å². The number of anilines is 1. The van der Waals surface area contributed by atoms with Gasteiger partial charge in [-0.1, -0.05) is 46.8 Å². The lowest BCUT2D eigenvalue weighted by molar-refractivity contribution is -0.136. The molecule has 0 aliphatic heterocycles. The van der Waals surface area contributed by atoms with E-state index < -0.39 is 5.97 Å². The van der Waals surface area contributed by atoms with Crippen molar-refractivity contribution in [2.75, 3.05) is 11.9 Å².